The second-order valence-corrected chi connectivity index (χ2v) is 12.4. The molecule has 0 saturated carbocycles. The van der Waals surface area contributed by atoms with Crippen LogP contribution in [0.2, 0.25) is 0 Å². The highest BCUT2D eigenvalue weighted by Crippen LogP contribution is 2.42. The number of amides is 2. The van der Waals surface area contributed by atoms with E-state index in [2.05, 4.69) is 71.0 Å². The fourth-order valence-corrected chi connectivity index (χ4v) is 6.17. The maximum atomic E-state index is 12.8. The van der Waals surface area contributed by atoms with Crippen LogP contribution in [0.5, 0.6) is 0 Å². The van der Waals surface area contributed by atoms with Crippen LogP contribution in [0.25, 0.3) is 0 Å². The number of ether oxygens (including phenoxy) is 2. The van der Waals surface area contributed by atoms with E-state index in [4.69, 9.17) is 9.47 Å². The van der Waals surface area contributed by atoms with Gasteiger partial charge in [-0.3, -0.25) is 4.90 Å². The summed E-state index contributed by atoms with van der Waals surface area (Å²) >= 11 is 0. The third-order valence-electron chi connectivity index (χ3n) is 8.77. The normalized spacial score (nSPS) is 19.1. The van der Waals surface area contributed by atoms with Gasteiger partial charge in [0.25, 0.3) is 0 Å². The van der Waals surface area contributed by atoms with Crippen LogP contribution in [0.3, 0.4) is 0 Å². The zero-order valence-corrected chi connectivity index (χ0v) is 27.2. The Morgan fingerprint density at radius 3 is 1.90 bits per heavy atom. The number of nitrogens with one attached hydrogen (secondary N) is 2. The van der Waals surface area contributed by atoms with Gasteiger partial charge in [0.15, 0.2) is 6.29 Å². The molecule has 5 aromatic rings. The third kappa shape index (κ3) is 8.97. The van der Waals surface area contributed by atoms with Crippen molar-refractivity contribution in [3.8, 4) is 0 Å². The summed E-state index contributed by atoms with van der Waals surface area (Å²) in [6, 6.07) is 46.2. The van der Waals surface area contributed by atoms with Gasteiger partial charge in [-0.15, -0.1) is 0 Å². The van der Waals surface area contributed by atoms with Crippen molar-refractivity contribution in [2.24, 2.45) is 5.92 Å². The first-order valence-electron chi connectivity index (χ1n) is 16.5. The summed E-state index contributed by atoms with van der Waals surface area (Å²) in [6.45, 7) is 4.85. The highest BCUT2D eigenvalue weighted by atomic mass is 16.7. The highest BCUT2D eigenvalue weighted by Gasteiger charge is 2.39. The highest BCUT2D eigenvalue weighted by molar-refractivity contribution is 5.89. The van der Waals surface area contributed by atoms with E-state index in [0.717, 1.165) is 35.3 Å². The van der Waals surface area contributed by atoms with Crippen molar-refractivity contribution in [1.29, 1.82) is 0 Å². The molecule has 1 aliphatic rings. The number of aliphatic hydroxyl groups excluding tert-OH is 1. The molecule has 4 atom stereocenters. The molecule has 7 heteroatoms. The van der Waals surface area contributed by atoms with Gasteiger partial charge in [-0.1, -0.05) is 134 Å². The van der Waals surface area contributed by atoms with Crippen molar-refractivity contribution < 1.29 is 19.4 Å². The van der Waals surface area contributed by atoms with E-state index in [1.165, 1.54) is 11.1 Å². The largest absolute Gasteiger partial charge is 0.392 e. The fraction of sp³-hybridized carbons (Fsp3) is 0.244. The standard InChI is InChI=1S/C41H43N3O4/c1-30-38(28-44(26-32-14-7-3-8-15-32)27-33-16-9-4-10-17-33)47-40(48-39(30)35-22-20-34(29-45)21-23-35)36-18-11-19-37(24-36)43-41(46)42-25-31-12-5-2-6-13-31/h2-24,30,38-40,45H,25-29H2,1H3,(H2,42,43,46). The molecule has 246 valence electrons. The van der Waals surface area contributed by atoms with Crippen LogP contribution in [0.1, 0.15) is 52.7 Å². The average Bonchev–Trinajstić information content (AvgIpc) is 3.13. The Morgan fingerprint density at radius 1 is 0.688 bits per heavy atom. The molecule has 2 amide bonds. The third-order valence-corrected chi connectivity index (χ3v) is 8.77. The summed E-state index contributed by atoms with van der Waals surface area (Å²) in [5, 5.41) is 15.5. The molecule has 6 rings (SSSR count). The van der Waals surface area contributed by atoms with E-state index < -0.39 is 6.29 Å². The molecule has 48 heavy (non-hydrogen) atoms. The van der Waals surface area contributed by atoms with E-state index in [9.17, 15) is 9.90 Å². The predicted molar refractivity (Wildman–Crippen MR) is 189 cm³/mol. The van der Waals surface area contributed by atoms with Gasteiger partial charge < -0.3 is 25.2 Å². The first-order valence-corrected chi connectivity index (χ1v) is 16.5. The zero-order valence-electron chi connectivity index (χ0n) is 27.2. The number of carbonyl (C=O) groups excluding carboxylic acids is 1. The first kappa shape index (κ1) is 33.1. The van der Waals surface area contributed by atoms with Crippen LogP contribution in [0, 0.1) is 5.92 Å². The van der Waals surface area contributed by atoms with Crippen LogP contribution in [-0.4, -0.2) is 28.7 Å². The monoisotopic (exact) mass is 641 g/mol. The minimum Gasteiger partial charge on any atom is -0.392 e. The minimum absolute atomic E-state index is 0.0115. The van der Waals surface area contributed by atoms with E-state index in [1.54, 1.807) is 0 Å². The van der Waals surface area contributed by atoms with Gasteiger partial charge in [-0.05, 0) is 39.9 Å². The molecule has 0 aliphatic carbocycles. The van der Waals surface area contributed by atoms with Crippen LogP contribution in [0.4, 0.5) is 10.5 Å². The van der Waals surface area contributed by atoms with Crippen molar-refractivity contribution in [1.82, 2.24) is 10.2 Å². The molecule has 0 bridgehead atoms. The Balaban J connectivity index is 1.24. The molecule has 0 radical (unpaired) electrons. The second kappa shape index (κ2) is 16.4. The lowest BCUT2D eigenvalue weighted by molar-refractivity contribution is -0.276. The molecule has 3 N–H and O–H groups in total. The SMILES string of the molecule is CC1C(CN(Cc2ccccc2)Cc2ccccc2)OC(c2cccc(NC(=O)NCc3ccccc3)c2)OC1c1ccc(CO)cc1. The fourth-order valence-electron chi connectivity index (χ4n) is 6.17. The summed E-state index contributed by atoms with van der Waals surface area (Å²) in [7, 11) is 0. The van der Waals surface area contributed by atoms with Crippen LogP contribution < -0.4 is 10.6 Å². The van der Waals surface area contributed by atoms with E-state index in [1.807, 2.05) is 91.0 Å². The quantitative estimate of drug-likeness (QED) is 0.129. The van der Waals surface area contributed by atoms with Gasteiger partial charge >= 0.3 is 6.03 Å². The molecule has 4 unspecified atom stereocenters. The maximum Gasteiger partial charge on any atom is 0.319 e. The smallest absolute Gasteiger partial charge is 0.319 e. The topological polar surface area (TPSA) is 83.1 Å². The molecule has 0 aromatic heterocycles. The lowest BCUT2D eigenvalue weighted by atomic mass is 9.89. The minimum atomic E-state index is -0.654. The Bertz CT molecular complexity index is 1680. The van der Waals surface area contributed by atoms with E-state index in [-0.39, 0.29) is 30.8 Å². The number of hydrogen-bond donors (Lipinski definition) is 3. The average molecular weight is 642 g/mol. The van der Waals surface area contributed by atoms with Crippen molar-refractivity contribution in [3.63, 3.8) is 0 Å². The van der Waals surface area contributed by atoms with Crippen molar-refractivity contribution in [2.75, 3.05) is 11.9 Å². The summed E-state index contributed by atoms with van der Waals surface area (Å²) in [4.78, 5) is 15.2. The lowest BCUT2D eigenvalue weighted by Gasteiger charge is -2.43. The number of hydrogen-bond acceptors (Lipinski definition) is 5. The van der Waals surface area contributed by atoms with Crippen molar-refractivity contribution in [3.05, 3.63) is 173 Å². The Morgan fingerprint density at radius 2 is 1.29 bits per heavy atom. The number of urea groups is 1. The number of carbonyl (C=O) groups is 1. The molecule has 7 nitrogen and oxygen atoms in total. The Kier molecular flexibility index (Phi) is 11.3. The Hall–Kier alpha value is -4.79. The van der Waals surface area contributed by atoms with E-state index in [0.29, 0.717) is 18.8 Å². The Labute approximate surface area is 283 Å². The number of benzene rings is 5. The summed E-state index contributed by atoms with van der Waals surface area (Å²) in [5.41, 5.74) is 6.87. The summed E-state index contributed by atoms with van der Waals surface area (Å²) in [6.07, 6.45) is -1.06. The van der Waals surface area contributed by atoms with Crippen LogP contribution in [-0.2, 0) is 35.7 Å². The van der Waals surface area contributed by atoms with Gasteiger partial charge in [0.1, 0.15) is 0 Å². The number of nitrogens with zero attached hydrogens (tertiary/aromatic N) is 1. The summed E-state index contributed by atoms with van der Waals surface area (Å²) < 4.78 is 13.5. The molecule has 1 heterocycles. The molecular formula is C41H43N3O4. The van der Waals surface area contributed by atoms with Crippen molar-refractivity contribution >= 4 is 11.7 Å². The van der Waals surface area contributed by atoms with Crippen molar-refractivity contribution in [2.45, 2.75) is 51.7 Å². The van der Waals surface area contributed by atoms with Gasteiger partial charge in [0.05, 0.1) is 18.8 Å². The maximum absolute atomic E-state index is 12.8. The van der Waals surface area contributed by atoms with Gasteiger partial charge in [-0.25, -0.2) is 4.79 Å². The number of aliphatic hydroxyl groups is 1. The first-order chi connectivity index (χ1) is 23.5. The molecular weight excluding hydrogens is 598 g/mol. The molecule has 0 spiro atoms. The number of rotatable bonds is 12. The molecule has 1 saturated heterocycles. The van der Waals surface area contributed by atoms with Crippen LogP contribution in [0.15, 0.2) is 140 Å². The molecule has 5 aromatic carbocycles. The van der Waals surface area contributed by atoms with Crippen LogP contribution >= 0.6 is 0 Å². The van der Waals surface area contributed by atoms with E-state index >= 15 is 0 Å². The second-order valence-electron chi connectivity index (χ2n) is 12.4. The number of anilines is 1. The summed E-state index contributed by atoms with van der Waals surface area (Å²) in [5.74, 6) is 0.0281. The van der Waals surface area contributed by atoms with Gasteiger partial charge in [0, 0.05) is 43.3 Å². The molecule has 1 aliphatic heterocycles. The predicted octanol–water partition coefficient (Wildman–Crippen LogP) is 7.99. The zero-order chi connectivity index (χ0) is 33.1. The molecule has 1 fully saturated rings. The van der Waals surface area contributed by atoms with Gasteiger partial charge in [-0.2, -0.15) is 0 Å². The lowest BCUT2D eigenvalue weighted by Crippen LogP contribution is -2.44. The van der Waals surface area contributed by atoms with Gasteiger partial charge in [0.2, 0.25) is 0 Å².